The van der Waals surface area contributed by atoms with Gasteiger partial charge in [0, 0.05) is 13.1 Å². The molecule has 0 unspecified atom stereocenters. The maximum absolute atomic E-state index is 4.46. The van der Waals surface area contributed by atoms with Crippen LogP contribution in [0.3, 0.4) is 0 Å². The number of rotatable bonds is 4. The highest BCUT2D eigenvalue weighted by Gasteiger charge is 2.31. The van der Waals surface area contributed by atoms with Crippen LogP contribution >= 0.6 is 39.0 Å². The maximum Gasteiger partial charge on any atom is 0.198 e. The van der Waals surface area contributed by atoms with Crippen LogP contribution < -0.4 is 0 Å². The van der Waals surface area contributed by atoms with Gasteiger partial charge in [-0.25, -0.2) is 14.6 Å². The third kappa shape index (κ3) is 2.59. The fraction of sp³-hybridized carbons (Fsp3) is 0.267. The van der Waals surface area contributed by atoms with E-state index in [4.69, 9.17) is 0 Å². The first-order valence-corrected chi connectivity index (χ1v) is 10.2. The summed E-state index contributed by atoms with van der Waals surface area (Å²) < 4.78 is 4.73. The van der Waals surface area contributed by atoms with E-state index < -0.39 is 0 Å². The lowest BCUT2D eigenvalue weighted by Crippen LogP contribution is -1.99. The van der Waals surface area contributed by atoms with Crippen molar-refractivity contribution in [2.75, 3.05) is 0 Å². The predicted octanol–water partition coefficient (Wildman–Crippen LogP) is 3.93. The molecular weight excluding hydrogens is 422 g/mol. The Morgan fingerprint density at radius 3 is 2.92 bits per heavy atom. The van der Waals surface area contributed by atoms with Gasteiger partial charge in [0.2, 0.25) is 0 Å². The normalized spacial score (nSPS) is 14.5. The van der Waals surface area contributed by atoms with E-state index >= 15 is 0 Å². The summed E-state index contributed by atoms with van der Waals surface area (Å²) >= 11 is 6.71. The van der Waals surface area contributed by atoms with Crippen LogP contribution in [0.4, 0.5) is 0 Å². The number of hydrogen-bond donors (Lipinski definition) is 0. The molecule has 4 aromatic rings. The van der Waals surface area contributed by atoms with Crippen molar-refractivity contribution in [2.24, 2.45) is 7.05 Å². The van der Waals surface area contributed by atoms with Crippen LogP contribution in [-0.4, -0.2) is 34.5 Å². The van der Waals surface area contributed by atoms with E-state index in [-0.39, 0.29) is 0 Å². The Hall–Kier alpha value is -1.78. The lowest BCUT2D eigenvalue weighted by Gasteiger charge is -2.07. The van der Waals surface area contributed by atoms with Gasteiger partial charge in [0.05, 0.1) is 10.3 Å². The smallest absolute Gasteiger partial charge is 0.198 e. The van der Waals surface area contributed by atoms with Crippen molar-refractivity contribution in [2.45, 2.75) is 29.1 Å². The van der Waals surface area contributed by atoms with Gasteiger partial charge >= 0.3 is 0 Å². The second-order valence-corrected chi connectivity index (χ2v) is 8.43. The Kier molecular flexibility index (Phi) is 3.64. The van der Waals surface area contributed by atoms with Crippen LogP contribution in [0.1, 0.15) is 18.9 Å². The van der Waals surface area contributed by atoms with Gasteiger partial charge in [-0.05, 0) is 52.0 Å². The Bertz CT molecular complexity index is 1070. The minimum Gasteiger partial charge on any atom is -0.298 e. The van der Waals surface area contributed by atoms with Gasteiger partial charge in [0.1, 0.15) is 16.0 Å². The number of fused-ring (bicyclic) bond motifs is 1. The van der Waals surface area contributed by atoms with Crippen LogP contribution in [0.25, 0.3) is 21.7 Å². The molecule has 126 valence electrons. The van der Waals surface area contributed by atoms with Gasteiger partial charge in [0.15, 0.2) is 16.6 Å². The van der Waals surface area contributed by atoms with Crippen molar-refractivity contribution < 1.29 is 0 Å². The average Bonchev–Trinajstić information content (AvgIpc) is 3.02. The van der Waals surface area contributed by atoms with E-state index in [1.807, 2.05) is 13.1 Å². The molecule has 1 fully saturated rings. The molecule has 1 saturated carbocycles. The van der Waals surface area contributed by atoms with E-state index in [9.17, 15) is 0 Å². The van der Waals surface area contributed by atoms with Gasteiger partial charge in [-0.15, -0.1) is 21.5 Å². The first-order valence-electron chi connectivity index (χ1n) is 7.72. The van der Waals surface area contributed by atoms with Gasteiger partial charge in [-0.2, -0.15) is 5.10 Å². The molecule has 0 amide bonds. The zero-order valence-electron chi connectivity index (χ0n) is 13.1. The minimum absolute atomic E-state index is 0.476. The Morgan fingerprint density at radius 2 is 2.16 bits per heavy atom. The lowest BCUT2D eigenvalue weighted by atomic mass is 10.4. The maximum atomic E-state index is 4.46. The Labute approximate surface area is 159 Å². The summed E-state index contributed by atoms with van der Waals surface area (Å²) in [6.45, 7) is 0. The third-order valence-corrected chi connectivity index (χ3v) is 6.43. The molecule has 7 nitrogen and oxygen atoms in total. The number of nitrogens with zero attached hydrogens (tertiary/aromatic N) is 7. The Morgan fingerprint density at radius 1 is 1.28 bits per heavy atom. The fourth-order valence-corrected chi connectivity index (χ4v) is 5.18. The number of halogens is 1. The molecule has 0 bridgehead atoms. The van der Waals surface area contributed by atoms with E-state index in [1.54, 1.807) is 22.3 Å². The minimum atomic E-state index is 0.476. The largest absolute Gasteiger partial charge is 0.298 e. The summed E-state index contributed by atoms with van der Waals surface area (Å²) in [5, 5.41) is 17.9. The van der Waals surface area contributed by atoms with E-state index in [1.165, 1.54) is 24.6 Å². The van der Waals surface area contributed by atoms with Crippen molar-refractivity contribution in [1.29, 1.82) is 0 Å². The lowest BCUT2D eigenvalue weighted by molar-refractivity contribution is 0.669. The second-order valence-electron chi connectivity index (χ2n) is 5.78. The van der Waals surface area contributed by atoms with Crippen LogP contribution in [-0.2, 0) is 7.05 Å². The van der Waals surface area contributed by atoms with Crippen molar-refractivity contribution in [3.63, 3.8) is 0 Å². The highest BCUT2D eigenvalue weighted by Crippen LogP contribution is 2.43. The highest BCUT2D eigenvalue weighted by molar-refractivity contribution is 9.10. The summed E-state index contributed by atoms with van der Waals surface area (Å²) in [7, 11) is 1.87. The van der Waals surface area contributed by atoms with Gasteiger partial charge in [0.25, 0.3) is 0 Å². The third-order valence-electron chi connectivity index (χ3n) is 4.05. The van der Waals surface area contributed by atoms with Crippen LogP contribution in [0.15, 0.2) is 38.6 Å². The second kappa shape index (κ2) is 5.89. The molecule has 0 aliphatic heterocycles. The Balaban J connectivity index is 1.62. The van der Waals surface area contributed by atoms with Gasteiger partial charge < -0.3 is 0 Å². The van der Waals surface area contributed by atoms with Crippen LogP contribution in [0.2, 0.25) is 0 Å². The molecule has 10 heteroatoms. The number of aromatic nitrogens is 7. The summed E-state index contributed by atoms with van der Waals surface area (Å²) in [5.74, 6) is 0.940. The molecule has 5 rings (SSSR count). The molecule has 0 spiro atoms. The molecule has 0 aromatic carbocycles. The van der Waals surface area contributed by atoms with Crippen molar-refractivity contribution in [3.8, 4) is 10.7 Å². The zero-order valence-corrected chi connectivity index (χ0v) is 16.3. The van der Waals surface area contributed by atoms with Gasteiger partial charge in [-0.3, -0.25) is 4.57 Å². The molecule has 1 aliphatic carbocycles. The quantitative estimate of drug-likeness (QED) is 0.453. The van der Waals surface area contributed by atoms with E-state index in [2.05, 4.69) is 57.2 Å². The van der Waals surface area contributed by atoms with Gasteiger partial charge in [-0.1, -0.05) is 6.07 Å². The molecule has 4 heterocycles. The summed E-state index contributed by atoms with van der Waals surface area (Å²) in [6, 6.07) is 4.60. The van der Waals surface area contributed by atoms with Crippen molar-refractivity contribution in [1.82, 2.24) is 34.5 Å². The average molecular weight is 434 g/mol. The molecule has 1 aliphatic rings. The first-order chi connectivity index (χ1) is 12.2. The van der Waals surface area contributed by atoms with Crippen molar-refractivity contribution >= 4 is 50.1 Å². The number of hydrogen-bond acceptors (Lipinski definition) is 7. The monoisotopic (exact) mass is 433 g/mol. The predicted molar refractivity (Wildman–Crippen MR) is 99.7 cm³/mol. The summed E-state index contributed by atoms with van der Waals surface area (Å²) in [4.78, 5) is 9.92. The van der Waals surface area contributed by atoms with Crippen molar-refractivity contribution in [3.05, 3.63) is 28.4 Å². The van der Waals surface area contributed by atoms with E-state index in [0.29, 0.717) is 6.04 Å². The highest BCUT2D eigenvalue weighted by atomic mass is 79.9. The summed E-state index contributed by atoms with van der Waals surface area (Å²) in [5.41, 5.74) is 0.792. The molecule has 4 aromatic heterocycles. The summed E-state index contributed by atoms with van der Waals surface area (Å²) in [6.07, 6.45) is 3.90. The molecule has 0 atom stereocenters. The number of aryl methyl sites for hydroxylation is 1. The number of thiophene rings is 1. The van der Waals surface area contributed by atoms with Crippen LogP contribution in [0.5, 0.6) is 0 Å². The molecule has 25 heavy (non-hydrogen) atoms. The van der Waals surface area contributed by atoms with Crippen LogP contribution in [0, 0.1) is 0 Å². The van der Waals surface area contributed by atoms with E-state index in [0.717, 1.165) is 36.5 Å². The fourth-order valence-electron chi connectivity index (χ4n) is 2.76. The molecule has 0 saturated heterocycles. The molecule has 0 radical (unpaired) electrons. The zero-order chi connectivity index (χ0) is 17.0. The SMILES string of the molecule is Cn1nc(Br)c2c(Sc3nnc(-c4cccs4)n3C3CC3)ncnc21. The first kappa shape index (κ1) is 15.5. The molecular formula is C15H12BrN7S2. The topological polar surface area (TPSA) is 74.3 Å². The standard InChI is InChI=1S/C15H12BrN7S2/c1-22-13-10(11(16)21-22)14(18-7-17-13)25-15-20-19-12(9-3-2-6-24-9)23(15)8-4-5-8/h2-3,6-8H,4-5H2,1H3. The molecule has 0 N–H and O–H groups in total.